The molecule has 0 atom stereocenters. The molecule has 0 aliphatic heterocycles. The first-order chi connectivity index (χ1) is 9.11. The van der Waals surface area contributed by atoms with Crippen molar-refractivity contribution in [2.45, 2.75) is 6.54 Å². The number of benzene rings is 2. The smallest absolute Gasteiger partial charge is 0.0992 e. The van der Waals surface area contributed by atoms with Gasteiger partial charge in [0.1, 0.15) is 0 Å². The minimum atomic E-state index is 0.497. The molecule has 2 rings (SSSR count). The van der Waals surface area contributed by atoms with Gasteiger partial charge in [-0.25, -0.2) is 0 Å². The van der Waals surface area contributed by atoms with Gasteiger partial charge < -0.3 is 5.32 Å². The molecule has 2 aromatic rings. The van der Waals surface area contributed by atoms with E-state index in [2.05, 4.69) is 5.32 Å². The van der Waals surface area contributed by atoms with Crippen LogP contribution >= 0.6 is 34.8 Å². The molecule has 0 radical (unpaired) electrons. The van der Waals surface area contributed by atoms with Crippen molar-refractivity contribution in [3.63, 3.8) is 0 Å². The molecule has 1 N–H and O–H groups in total. The molecular formula is C14H9Cl3N2. The van der Waals surface area contributed by atoms with Gasteiger partial charge in [-0.2, -0.15) is 5.26 Å². The van der Waals surface area contributed by atoms with Crippen LogP contribution in [0, 0.1) is 11.3 Å². The van der Waals surface area contributed by atoms with E-state index in [4.69, 9.17) is 40.1 Å². The summed E-state index contributed by atoms with van der Waals surface area (Å²) < 4.78 is 0. The Kier molecular flexibility index (Phi) is 4.55. The highest BCUT2D eigenvalue weighted by molar-refractivity contribution is 6.42. The molecule has 0 aliphatic rings. The molecule has 0 bridgehead atoms. The summed E-state index contributed by atoms with van der Waals surface area (Å²) in [5.41, 5.74) is 2.16. The Morgan fingerprint density at radius 1 is 1.05 bits per heavy atom. The lowest BCUT2D eigenvalue weighted by Gasteiger charge is -2.10. The van der Waals surface area contributed by atoms with Crippen molar-refractivity contribution in [2.24, 2.45) is 0 Å². The van der Waals surface area contributed by atoms with Crippen LogP contribution in [0.15, 0.2) is 36.4 Å². The van der Waals surface area contributed by atoms with Crippen LogP contribution in [0.25, 0.3) is 0 Å². The predicted octanol–water partition coefficient (Wildman–Crippen LogP) is 5.13. The van der Waals surface area contributed by atoms with Gasteiger partial charge in [0.25, 0.3) is 0 Å². The molecular weight excluding hydrogens is 303 g/mol. The van der Waals surface area contributed by atoms with E-state index in [1.54, 1.807) is 24.3 Å². The molecule has 5 heteroatoms. The van der Waals surface area contributed by atoms with E-state index in [9.17, 15) is 0 Å². The summed E-state index contributed by atoms with van der Waals surface area (Å²) >= 11 is 18.1. The van der Waals surface area contributed by atoms with Crippen LogP contribution in [0.1, 0.15) is 11.1 Å². The Balaban J connectivity index is 2.15. The fraction of sp³-hybridized carbons (Fsp3) is 0.0714. The number of hydrogen-bond acceptors (Lipinski definition) is 2. The number of nitrogens with zero attached hydrogens (tertiary/aromatic N) is 1. The Bertz CT molecular complexity index is 648. The lowest BCUT2D eigenvalue weighted by atomic mass is 10.2. The molecule has 0 aromatic heterocycles. The zero-order chi connectivity index (χ0) is 13.8. The van der Waals surface area contributed by atoms with Crippen molar-refractivity contribution in [1.82, 2.24) is 0 Å². The number of hydrogen-bond donors (Lipinski definition) is 1. The van der Waals surface area contributed by atoms with E-state index >= 15 is 0 Å². The second-order valence-corrected chi connectivity index (χ2v) is 5.07. The van der Waals surface area contributed by atoms with Gasteiger partial charge in [0.15, 0.2) is 0 Å². The lowest BCUT2D eigenvalue weighted by Crippen LogP contribution is -2.01. The molecule has 0 saturated carbocycles. The zero-order valence-electron chi connectivity index (χ0n) is 9.75. The zero-order valence-corrected chi connectivity index (χ0v) is 12.0. The topological polar surface area (TPSA) is 35.8 Å². The average molecular weight is 312 g/mol. The fourth-order valence-corrected chi connectivity index (χ4v) is 2.24. The SMILES string of the molecule is N#Cc1ccc(NCc2cccc(Cl)c2Cl)c(Cl)c1. The first-order valence-corrected chi connectivity index (χ1v) is 6.61. The third kappa shape index (κ3) is 3.33. The third-order valence-corrected chi connectivity index (χ3v) is 3.77. The van der Waals surface area contributed by atoms with Crippen molar-refractivity contribution in [1.29, 1.82) is 5.26 Å². The van der Waals surface area contributed by atoms with Crippen molar-refractivity contribution in [3.8, 4) is 6.07 Å². The van der Waals surface area contributed by atoms with Crippen molar-refractivity contribution < 1.29 is 0 Å². The summed E-state index contributed by atoms with van der Waals surface area (Å²) in [6.07, 6.45) is 0. The van der Waals surface area contributed by atoms with E-state index in [0.717, 1.165) is 11.3 Å². The monoisotopic (exact) mass is 310 g/mol. The highest BCUT2D eigenvalue weighted by Crippen LogP contribution is 2.28. The van der Waals surface area contributed by atoms with Crippen molar-refractivity contribution in [2.75, 3.05) is 5.32 Å². The van der Waals surface area contributed by atoms with Gasteiger partial charge in [-0.1, -0.05) is 46.9 Å². The maximum absolute atomic E-state index is 8.77. The molecule has 0 unspecified atom stereocenters. The van der Waals surface area contributed by atoms with Gasteiger partial charge in [0.05, 0.1) is 32.4 Å². The summed E-state index contributed by atoms with van der Waals surface area (Å²) in [7, 11) is 0. The molecule has 2 nitrogen and oxygen atoms in total. The minimum absolute atomic E-state index is 0.497. The van der Waals surface area contributed by atoms with Gasteiger partial charge in [-0.3, -0.25) is 0 Å². The normalized spacial score (nSPS) is 10.0. The van der Waals surface area contributed by atoms with Crippen LogP contribution in [0.4, 0.5) is 5.69 Å². The maximum Gasteiger partial charge on any atom is 0.0992 e. The second-order valence-electron chi connectivity index (χ2n) is 3.87. The highest BCUT2D eigenvalue weighted by atomic mass is 35.5. The standard InChI is InChI=1S/C14H9Cl3N2/c15-11-3-1-2-10(14(11)17)8-19-13-5-4-9(7-18)6-12(13)16/h1-6,19H,8H2. The Labute approximate surface area is 126 Å². The Morgan fingerprint density at radius 2 is 1.84 bits per heavy atom. The number of rotatable bonds is 3. The molecule has 0 saturated heterocycles. The molecule has 0 fully saturated rings. The van der Waals surface area contributed by atoms with E-state index in [-0.39, 0.29) is 0 Å². The summed E-state index contributed by atoms with van der Waals surface area (Å²) in [5, 5.41) is 13.5. The van der Waals surface area contributed by atoms with Crippen LogP contribution in [0.3, 0.4) is 0 Å². The largest absolute Gasteiger partial charge is 0.380 e. The van der Waals surface area contributed by atoms with Gasteiger partial charge >= 0.3 is 0 Å². The molecule has 0 aliphatic carbocycles. The second kappa shape index (κ2) is 6.16. The molecule has 2 aromatic carbocycles. The fourth-order valence-electron chi connectivity index (χ4n) is 1.60. The number of nitriles is 1. The van der Waals surface area contributed by atoms with Gasteiger partial charge in [-0.05, 0) is 29.8 Å². The third-order valence-electron chi connectivity index (χ3n) is 2.60. The minimum Gasteiger partial charge on any atom is -0.380 e. The van der Waals surface area contributed by atoms with Gasteiger partial charge in [0, 0.05) is 6.54 Å². The van der Waals surface area contributed by atoms with Gasteiger partial charge in [0.2, 0.25) is 0 Å². The Hall–Kier alpha value is -1.40. The molecule has 19 heavy (non-hydrogen) atoms. The van der Waals surface area contributed by atoms with E-state index in [1.165, 1.54) is 0 Å². The maximum atomic E-state index is 8.77. The summed E-state index contributed by atoms with van der Waals surface area (Å²) in [6, 6.07) is 12.6. The number of halogens is 3. The van der Waals surface area contributed by atoms with Crippen LogP contribution in [0.2, 0.25) is 15.1 Å². The van der Waals surface area contributed by atoms with E-state index in [0.29, 0.717) is 27.2 Å². The Morgan fingerprint density at radius 3 is 2.53 bits per heavy atom. The van der Waals surface area contributed by atoms with Crippen LogP contribution in [-0.2, 0) is 6.54 Å². The highest BCUT2D eigenvalue weighted by Gasteiger charge is 2.06. The van der Waals surface area contributed by atoms with Crippen LogP contribution in [0.5, 0.6) is 0 Å². The van der Waals surface area contributed by atoms with Crippen molar-refractivity contribution in [3.05, 3.63) is 62.6 Å². The van der Waals surface area contributed by atoms with Crippen molar-refractivity contribution >= 4 is 40.5 Å². The quantitative estimate of drug-likeness (QED) is 0.853. The number of anilines is 1. The van der Waals surface area contributed by atoms with Crippen LogP contribution in [-0.4, -0.2) is 0 Å². The summed E-state index contributed by atoms with van der Waals surface area (Å²) in [6.45, 7) is 0.505. The van der Waals surface area contributed by atoms with E-state index < -0.39 is 0 Å². The van der Waals surface area contributed by atoms with Gasteiger partial charge in [-0.15, -0.1) is 0 Å². The molecule has 96 valence electrons. The summed E-state index contributed by atoms with van der Waals surface area (Å²) in [5.74, 6) is 0. The first-order valence-electron chi connectivity index (χ1n) is 5.48. The van der Waals surface area contributed by atoms with E-state index in [1.807, 2.05) is 18.2 Å². The average Bonchev–Trinajstić information content (AvgIpc) is 2.41. The first kappa shape index (κ1) is 14.0. The lowest BCUT2D eigenvalue weighted by molar-refractivity contribution is 1.15. The molecule has 0 heterocycles. The molecule has 0 amide bonds. The summed E-state index contributed by atoms with van der Waals surface area (Å²) in [4.78, 5) is 0. The molecule has 0 spiro atoms. The predicted molar refractivity (Wildman–Crippen MR) is 80.0 cm³/mol. The number of nitrogens with one attached hydrogen (secondary N) is 1. The van der Waals surface area contributed by atoms with Crippen LogP contribution < -0.4 is 5.32 Å².